The molecule has 0 saturated carbocycles. The molecule has 0 atom stereocenters. The van der Waals surface area contributed by atoms with Crippen molar-refractivity contribution in [2.24, 2.45) is 0 Å². The molecule has 0 aliphatic carbocycles. The Bertz CT molecular complexity index is 576. The van der Waals surface area contributed by atoms with Crippen molar-refractivity contribution in [3.05, 3.63) is 29.3 Å². The maximum Gasteiger partial charge on any atom is 0.254 e. The van der Waals surface area contributed by atoms with Gasteiger partial charge in [-0.15, -0.1) is 0 Å². The standard InChI is InChI=1S/C17H25N3O2/c1-17(2,3)19-15(21)11-20(4)16(22)13-7-5-9-14-12(13)8-6-10-18-14/h5,7,9,18H,6,8,10-11H2,1-4H3,(H,19,21). The summed E-state index contributed by atoms with van der Waals surface area (Å²) in [7, 11) is 1.67. The molecule has 120 valence electrons. The molecule has 1 aliphatic rings. The lowest BCUT2D eigenvalue weighted by Gasteiger charge is -2.25. The molecule has 0 radical (unpaired) electrons. The van der Waals surface area contributed by atoms with Crippen molar-refractivity contribution >= 4 is 17.5 Å². The molecule has 5 nitrogen and oxygen atoms in total. The fourth-order valence-corrected chi connectivity index (χ4v) is 2.66. The maximum absolute atomic E-state index is 12.6. The van der Waals surface area contributed by atoms with Crippen molar-refractivity contribution in [1.29, 1.82) is 0 Å². The van der Waals surface area contributed by atoms with Crippen molar-refractivity contribution in [3.63, 3.8) is 0 Å². The molecular weight excluding hydrogens is 278 g/mol. The minimum Gasteiger partial charge on any atom is -0.385 e. The van der Waals surface area contributed by atoms with Crippen molar-refractivity contribution in [1.82, 2.24) is 10.2 Å². The van der Waals surface area contributed by atoms with Gasteiger partial charge in [-0.2, -0.15) is 0 Å². The van der Waals surface area contributed by atoms with E-state index >= 15 is 0 Å². The molecule has 22 heavy (non-hydrogen) atoms. The Labute approximate surface area is 132 Å². The summed E-state index contributed by atoms with van der Waals surface area (Å²) in [6.45, 7) is 6.77. The number of hydrogen-bond donors (Lipinski definition) is 2. The van der Waals surface area contributed by atoms with E-state index in [0.717, 1.165) is 30.6 Å². The molecule has 5 heteroatoms. The second-order valence-corrected chi connectivity index (χ2v) is 6.82. The SMILES string of the molecule is CN(CC(=O)NC(C)(C)C)C(=O)c1cccc2c1CCCN2. The minimum atomic E-state index is -0.295. The molecule has 0 fully saturated rings. The van der Waals surface area contributed by atoms with E-state index in [9.17, 15) is 9.59 Å². The molecule has 2 amide bonds. The molecule has 0 spiro atoms. The van der Waals surface area contributed by atoms with Crippen LogP contribution >= 0.6 is 0 Å². The van der Waals surface area contributed by atoms with Crippen molar-refractivity contribution < 1.29 is 9.59 Å². The highest BCUT2D eigenvalue weighted by Gasteiger charge is 2.22. The number of anilines is 1. The van der Waals surface area contributed by atoms with Crippen LogP contribution in [0.3, 0.4) is 0 Å². The Morgan fingerprint density at radius 1 is 1.32 bits per heavy atom. The molecule has 1 aliphatic heterocycles. The van der Waals surface area contributed by atoms with E-state index in [0.29, 0.717) is 5.56 Å². The van der Waals surface area contributed by atoms with E-state index in [1.165, 1.54) is 4.90 Å². The quantitative estimate of drug-likeness (QED) is 0.898. The van der Waals surface area contributed by atoms with E-state index < -0.39 is 0 Å². The zero-order valence-electron chi connectivity index (χ0n) is 13.8. The Morgan fingerprint density at radius 3 is 2.73 bits per heavy atom. The molecule has 1 heterocycles. The summed E-state index contributed by atoms with van der Waals surface area (Å²) in [6.07, 6.45) is 1.91. The van der Waals surface area contributed by atoms with Crippen LogP contribution in [0.15, 0.2) is 18.2 Å². The smallest absolute Gasteiger partial charge is 0.254 e. The molecule has 1 aromatic rings. The normalized spacial score (nSPS) is 13.8. The van der Waals surface area contributed by atoms with Crippen molar-refractivity contribution in [2.75, 3.05) is 25.5 Å². The van der Waals surface area contributed by atoms with Gasteiger partial charge >= 0.3 is 0 Å². The summed E-state index contributed by atoms with van der Waals surface area (Å²) in [5.74, 6) is -0.254. The first-order valence-corrected chi connectivity index (χ1v) is 7.70. The largest absolute Gasteiger partial charge is 0.385 e. The molecule has 2 N–H and O–H groups in total. The van der Waals surface area contributed by atoms with Gasteiger partial charge in [0.1, 0.15) is 0 Å². The van der Waals surface area contributed by atoms with Crippen LogP contribution in [0.2, 0.25) is 0 Å². The Kier molecular flexibility index (Phi) is 4.74. The van der Waals surface area contributed by atoms with Crippen LogP contribution in [0.5, 0.6) is 0 Å². The van der Waals surface area contributed by atoms with Gasteiger partial charge in [-0.25, -0.2) is 0 Å². The molecule has 0 bridgehead atoms. The maximum atomic E-state index is 12.6. The number of nitrogens with zero attached hydrogens (tertiary/aromatic N) is 1. The fourth-order valence-electron chi connectivity index (χ4n) is 2.66. The second-order valence-electron chi connectivity index (χ2n) is 6.82. The lowest BCUT2D eigenvalue weighted by Crippen LogP contribution is -2.46. The third-order valence-corrected chi connectivity index (χ3v) is 3.57. The Balaban J connectivity index is 2.10. The average molecular weight is 303 g/mol. The summed E-state index contributed by atoms with van der Waals surface area (Å²) in [5.41, 5.74) is 2.49. The minimum absolute atomic E-state index is 0.0627. The molecule has 0 aromatic heterocycles. The van der Waals surface area contributed by atoms with Gasteiger partial charge in [0.25, 0.3) is 5.91 Å². The van der Waals surface area contributed by atoms with Crippen molar-refractivity contribution in [3.8, 4) is 0 Å². The number of carbonyl (C=O) groups is 2. The van der Waals surface area contributed by atoms with Crippen LogP contribution in [0, 0.1) is 0 Å². The Morgan fingerprint density at radius 2 is 2.05 bits per heavy atom. The topological polar surface area (TPSA) is 61.4 Å². The number of amides is 2. The van der Waals surface area contributed by atoms with Gasteiger partial charge in [0.15, 0.2) is 0 Å². The summed E-state index contributed by atoms with van der Waals surface area (Å²) < 4.78 is 0. The molecule has 0 saturated heterocycles. The molecular formula is C17H25N3O2. The number of rotatable bonds is 3. The fraction of sp³-hybridized carbons (Fsp3) is 0.529. The third-order valence-electron chi connectivity index (χ3n) is 3.57. The van der Waals surface area contributed by atoms with E-state index in [-0.39, 0.29) is 23.9 Å². The van der Waals surface area contributed by atoms with E-state index in [4.69, 9.17) is 0 Å². The van der Waals surface area contributed by atoms with E-state index in [1.54, 1.807) is 7.05 Å². The Hall–Kier alpha value is -2.04. The van der Waals surface area contributed by atoms with E-state index in [1.807, 2.05) is 39.0 Å². The average Bonchev–Trinajstić information content (AvgIpc) is 2.43. The highest BCUT2D eigenvalue weighted by Crippen LogP contribution is 2.26. The summed E-state index contributed by atoms with van der Waals surface area (Å²) >= 11 is 0. The summed E-state index contributed by atoms with van der Waals surface area (Å²) in [6, 6.07) is 5.72. The van der Waals surface area contributed by atoms with Gasteiger partial charge in [0.2, 0.25) is 5.91 Å². The second kappa shape index (κ2) is 6.38. The first-order chi connectivity index (χ1) is 10.3. The highest BCUT2D eigenvalue weighted by molar-refractivity contribution is 5.99. The highest BCUT2D eigenvalue weighted by atomic mass is 16.2. The van der Waals surface area contributed by atoms with Gasteiger partial charge in [-0.05, 0) is 51.3 Å². The van der Waals surface area contributed by atoms with Gasteiger partial charge in [0, 0.05) is 30.4 Å². The lowest BCUT2D eigenvalue weighted by atomic mass is 9.97. The van der Waals surface area contributed by atoms with Gasteiger partial charge < -0.3 is 15.5 Å². The lowest BCUT2D eigenvalue weighted by molar-refractivity contribution is -0.122. The first kappa shape index (κ1) is 16.3. The van der Waals surface area contributed by atoms with Gasteiger partial charge in [-0.1, -0.05) is 6.07 Å². The first-order valence-electron chi connectivity index (χ1n) is 7.70. The van der Waals surface area contributed by atoms with Gasteiger partial charge in [-0.3, -0.25) is 9.59 Å². The molecule has 2 rings (SSSR count). The van der Waals surface area contributed by atoms with Crippen LogP contribution in [-0.4, -0.2) is 42.4 Å². The van der Waals surface area contributed by atoms with Gasteiger partial charge in [0.05, 0.1) is 6.54 Å². The number of nitrogens with one attached hydrogen (secondary N) is 2. The van der Waals surface area contributed by atoms with Crippen LogP contribution in [0.4, 0.5) is 5.69 Å². The molecule has 1 aromatic carbocycles. The monoisotopic (exact) mass is 303 g/mol. The van der Waals surface area contributed by atoms with Crippen LogP contribution < -0.4 is 10.6 Å². The van der Waals surface area contributed by atoms with Crippen LogP contribution in [0.25, 0.3) is 0 Å². The zero-order valence-corrected chi connectivity index (χ0v) is 13.8. The van der Waals surface area contributed by atoms with Crippen LogP contribution in [0.1, 0.15) is 43.1 Å². The van der Waals surface area contributed by atoms with Crippen molar-refractivity contribution in [2.45, 2.75) is 39.2 Å². The number of likely N-dealkylation sites (N-methyl/N-ethyl adjacent to an activating group) is 1. The summed E-state index contributed by atoms with van der Waals surface area (Å²) in [4.78, 5) is 26.1. The summed E-state index contributed by atoms with van der Waals surface area (Å²) in [5, 5.41) is 6.19. The number of carbonyl (C=O) groups excluding carboxylic acids is 2. The predicted octanol–water partition coefficient (Wildman–Crippen LogP) is 2.03. The van der Waals surface area contributed by atoms with E-state index in [2.05, 4.69) is 10.6 Å². The predicted molar refractivity (Wildman–Crippen MR) is 88.1 cm³/mol. The number of fused-ring (bicyclic) bond motifs is 1. The number of hydrogen-bond acceptors (Lipinski definition) is 3. The number of benzene rings is 1. The third kappa shape index (κ3) is 4.00. The van der Waals surface area contributed by atoms with Crippen LogP contribution in [-0.2, 0) is 11.2 Å². The zero-order chi connectivity index (χ0) is 16.3. The molecule has 0 unspecified atom stereocenters.